The fraction of sp³-hybridized carbons (Fsp3) is 0.167. The van der Waals surface area contributed by atoms with Crippen molar-refractivity contribution in [3.63, 3.8) is 0 Å². The summed E-state index contributed by atoms with van der Waals surface area (Å²) >= 11 is 0. The van der Waals surface area contributed by atoms with Crippen molar-refractivity contribution in [1.82, 2.24) is 4.57 Å². The summed E-state index contributed by atoms with van der Waals surface area (Å²) in [4.78, 5) is 11.0. The number of nitrogens with zero attached hydrogens (tertiary/aromatic N) is 1. The molecule has 0 saturated carbocycles. The van der Waals surface area contributed by atoms with E-state index in [9.17, 15) is 4.79 Å². The minimum Gasteiger partial charge on any atom is -0.497 e. The van der Waals surface area contributed by atoms with Gasteiger partial charge in [-0.25, -0.2) is 0 Å². The Kier molecular flexibility index (Phi) is 3.83. The minimum absolute atomic E-state index is 0.0334. The number of methoxy groups -OCH3 is 1. The Morgan fingerprint density at radius 3 is 2.77 bits per heavy atom. The summed E-state index contributed by atoms with van der Waals surface area (Å²) in [6.07, 6.45) is 1.96. The number of aromatic nitrogens is 1. The first-order valence-electron chi connectivity index (χ1n) is 7.09. The Morgan fingerprint density at radius 1 is 1.18 bits per heavy atom. The molecule has 3 rings (SSSR count). The number of fused-ring (bicyclic) bond motifs is 1. The van der Waals surface area contributed by atoms with Crippen molar-refractivity contribution >= 4 is 16.9 Å². The van der Waals surface area contributed by atoms with Crippen LogP contribution in [0.5, 0.6) is 5.75 Å². The molecule has 1 heterocycles. The fourth-order valence-electron chi connectivity index (χ4n) is 2.72. The Hall–Kier alpha value is -2.75. The standard InChI is InChI=1S/C18H17NO3/c1-22-15-6-4-5-13(9-15)11-19-12-14(10-18(20)21)16-7-2-3-8-17(16)19/h2-9,12H,10-11H2,1H3,(H,20,21). The number of rotatable bonds is 5. The van der Waals surface area contributed by atoms with Crippen molar-refractivity contribution in [2.24, 2.45) is 0 Å². The van der Waals surface area contributed by atoms with Gasteiger partial charge in [-0.15, -0.1) is 0 Å². The number of carboxylic acids is 1. The number of hydrogen-bond acceptors (Lipinski definition) is 2. The Labute approximate surface area is 128 Å². The molecule has 0 aliphatic carbocycles. The highest BCUT2D eigenvalue weighted by molar-refractivity contribution is 5.87. The molecule has 0 unspecified atom stereocenters. The van der Waals surface area contributed by atoms with E-state index in [4.69, 9.17) is 9.84 Å². The van der Waals surface area contributed by atoms with E-state index in [1.807, 2.05) is 54.7 Å². The minimum atomic E-state index is -0.815. The molecule has 0 spiro atoms. The average molecular weight is 295 g/mol. The normalized spacial score (nSPS) is 10.8. The van der Waals surface area contributed by atoms with Crippen molar-refractivity contribution < 1.29 is 14.6 Å². The van der Waals surface area contributed by atoms with Crippen molar-refractivity contribution in [1.29, 1.82) is 0 Å². The lowest BCUT2D eigenvalue weighted by molar-refractivity contribution is -0.136. The molecule has 0 atom stereocenters. The molecule has 22 heavy (non-hydrogen) atoms. The smallest absolute Gasteiger partial charge is 0.307 e. The Morgan fingerprint density at radius 2 is 2.00 bits per heavy atom. The van der Waals surface area contributed by atoms with Gasteiger partial charge in [0.25, 0.3) is 0 Å². The van der Waals surface area contributed by atoms with Crippen LogP contribution in [0.3, 0.4) is 0 Å². The van der Waals surface area contributed by atoms with Gasteiger partial charge in [0.15, 0.2) is 0 Å². The predicted molar refractivity (Wildman–Crippen MR) is 85.4 cm³/mol. The molecular formula is C18H17NO3. The van der Waals surface area contributed by atoms with E-state index in [2.05, 4.69) is 4.57 Å². The third-order valence-electron chi connectivity index (χ3n) is 3.70. The van der Waals surface area contributed by atoms with Gasteiger partial charge in [-0.1, -0.05) is 30.3 Å². The molecular weight excluding hydrogens is 278 g/mol. The van der Waals surface area contributed by atoms with Crippen LogP contribution in [0.25, 0.3) is 10.9 Å². The van der Waals surface area contributed by atoms with E-state index in [0.29, 0.717) is 6.54 Å². The van der Waals surface area contributed by atoms with Crippen LogP contribution < -0.4 is 4.74 Å². The molecule has 0 bridgehead atoms. The van der Waals surface area contributed by atoms with Gasteiger partial charge in [-0.05, 0) is 29.3 Å². The fourth-order valence-corrected chi connectivity index (χ4v) is 2.72. The molecule has 0 radical (unpaired) electrons. The monoisotopic (exact) mass is 295 g/mol. The van der Waals surface area contributed by atoms with Gasteiger partial charge in [-0.3, -0.25) is 4.79 Å². The number of benzene rings is 2. The maximum atomic E-state index is 11.0. The van der Waals surface area contributed by atoms with Gasteiger partial charge in [0.1, 0.15) is 5.75 Å². The molecule has 1 N–H and O–H groups in total. The van der Waals surface area contributed by atoms with Crippen LogP contribution in [0.1, 0.15) is 11.1 Å². The van der Waals surface area contributed by atoms with Crippen molar-refractivity contribution in [3.8, 4) is 5.75 Å². The summed E-state index contributed by atoms with van der Waals surface area (Å²) in [5.41, 5.74) is 2.99. The molecule has 1 aromatic heterocycles. The maximum Gasteiger partial charge on any atom is 0.307 e. The second kappa shape index (κ2) is 5.93. The molecule has 4 nitrogen and oxygen atoms in total. The van der Waals surface area contributed by atoms with Crippen LogP contribution in [-0.2, 0) is 17.8 Å². The average Bonchev–Trinajstić information content (AvgIpc) is 2.85. The molecule has 112 valence electrons. The zero-order chi connectivity index (χ0) is 15.5. The van der Waals surface area contributed by atoms with E-state index in [-0.39, 0.29) is 6.42 Å². The van der Waals surface area contributed by atoms with Crippen LogP contribution in [0, 0.1) is 0 Å². The highest BCUT2D eigenvalue weighted by Gasteiger charge is 2.11. The molecule has 2 aromatic carbocycles. The third-order valence-corrected chi connectivity index (χ3v) is 3.70. The Bertz CT molecular complexity index is 820. The lowest BCUT2D eigenvalue weighted by Gasteiger charge is -2.07. The van der Waals surface area contributed by atoms with Gasteiger partial charge >= 0.3 is 5.97 Å². The largest absolute Gasteiger partial charge is 0.497 e. The molecule has 0 aliphatic rings. The lowest BCUT2D eigenvalue weighted by atomic mass is 10.1. The molecule has 0 amide bonds. The first kappa shape index (κ1) is 14.2. The number of carbonyl (C=O) groups is 1. The first-order valence-corrected chi connectivity index (χ1v) is 7.09. The first-order chi connectivity index (χ1) is 10.7. The summed E-state index contributed by atoms with van der Waals surface area (Å²) in [7, 11) is 1.65. The van der Waals surface area contributed by atoms with Gasteiger partial charge in [0, 0.05) is 23.6 Å². The number of carboxylic acid groups (broad SMARTS) is 1. The molecule has 0 aliphatic heterocycles. The molecule has 0 saturated heterocycles. The number of hydrogen-bond donors (Lipinski definition) is 1. The van der Waals surface area contributed by atoms with E-state index in [0.717, 1.165) is 27.8 Å². The predicted octanol–water partition coefficient (Wildman–Crippen LogP) is 3.33. The van der Waals surface area contributed by atoms with Crippen LogP contribution in [-0.4, -0.2) is 22.8 Å². The number of para-hydroxylation sites is 1. The highest BCUT2D eigenvalue weighted by Crippen LogP contribution is 2.23. The number of ether oxygens (including phenoxy) is 1. The summed E-state index contributed by atoms with van der Waals surface area (Å²) in [5.74, 6) is 0.00371. The summed E-state index contributed by atoms with van der Waals surface area (Å²) in [6, 6.07) is 15.8. The SMILES string of the molecule is COc1cccc(Cn2cc(CC(=O)O)c3ccccc32)c1. The van der Waals surface area contributed by atoms with E-state index in [1.54, 1.807) is 7.11 Å². The zero-order valence-electron chi connectivity index (χ0n) is 12.3. The van der Waals surface area contributed by atoms with E-state index < -0.39 is 5.97 Å². The molecule has 0 fully saturated rings. The van der Waals surface area contributed by atoms with Gasteiger partial charge in [-0.2, -0.15) is 0 Å². The van der Waals surface area contributed by atoms with Gasteiger partial charge < -0.3 is 14.4 Å². The van der Waals surface area contributed by atoms with Crippen LogP contribution in [0.4, 0.5) is 0 Å². The second-order valence-electron chi connectivity index (χ2n) is 5.22. The van der Waals surface area contributed by atoms with Crippen LogP contribution in [0.15, 0.2) is 54.7 Å². The van der Waals surface area contributed by atoms with E-state index >= 15 is 0 Å². The van der Waals surface area contributed by atoms with E-state index in [1.165, 1.54) is 0 Å². The summed E-state index contributed by atoms with van der Waals surface area (Å²) in [6.45, 7) is 0.678. The summed E-state index contributed by atoms with van der Waals surface area (Å²) < 4.78 is 7.34. The summed E-state index contributed by atoms with van der Waals surface area (Å²) in [5, 5.41) is 10.1. The van der Waals surface area contributed by atoms with Crippen LogP contribution in [0.2, 0.25) is 0 Å². The quantitative estimate of drug-likeness (QED) is 0.785. The Balaban J connectivity index is 2.01. The second-order valence-corrected chi connectivity index (χ2v) is 5.22. The third kappa shape index (κ3) is 2.81. The van der Waals surface area contributed by atoms with Gasteiger partial charge in [0.2, 0.25) is 0 Å². The highest BCUT2D eigenvalue weighted by atomic mass is 16.5. The number of aliphatic carboxylic acids is 1. The maximum absolute atomic E-state index is 11.0. The molecule has 4 heteroatoms. The van der Waals surface area contributed by atoms with Crippen molar-refractivity contribution in [2.75, 3.05) is 7.11 Å². The van der Waals surface area contributed by atoms with Crippen molar-refractivity contribution in [3.05, 3.63) is 65.9 Å². The van der Waals surface area contributed by atoms with Gasteiger partial charge in [0.05, 0.1) is 13.5 Å². The topological polar surface area (TPSA) is 51.5 Å². The molecule has 3 aromatic rings. The van der Waals surface area contributed by atoms with Crippen LogP contribution >= 0.6 is 0 Å². The zero-order valence-corrected chi connectivity index (χ0v) is 12.3. The lowest BCUT2D eigenvalue weighted by Crippen LogP contribution is -2.00. The van der Waals surface area contributed by atoms with Crippen molar-refractivity contribution in [2.45, 2.75) is 13.0 Å².